The maximum Gasteiger partial charge on any atom is 0.290 e. The van der Waals surface area contributed by atoms with Crippen molar-refractivity contribution in [2.24, 2.45) is 0 Å². The van der Waals surface area contributed by atoms with Crippen LogP contribution in [0.5, 0.6) is 0 Å². The molecule has 33 heavy (non-hydrogen) atoms. The zero-order valence-corrected chi connectivity index (χ0v) is 18.7. The van der Waals surface area contributed by atoms with Gasteiger partial charge in [-0.1, -0.05) is 36.4 Å². The number of non-ortho nitro benzene ring substituents is 1. The summed E-state index contributed by atoms with van der Waals surface area (Å²) in [6.45, 7) is 1.84. The van der Waals surface area contributed by atoms with Crippen LogP contribution in [0.1, 0.15) is 11.1 Å². The molecule has 0 atom stereocenters. The molecule has 10 nitrogen and oxygen atoms in total. The number of imidazole rings is 1. The van der Waals surface area contributed by atoms with E-state index in [1.165, 1.54) is 6.07 Å². The predicted octanol–water partition coefficient (Wildman–Crippen LogP) is 4.69. The number of hydrogen-bond donors (Lipinski definition) is 0. The minimum atomic E-state index is -3.96. The van der Waals surface area contributed by atoms with Crippen LogP contribution in [0.2, 0.25) is 0 Å². The van der Waals surface area contributed by atoms with Crippen LogP contribution >= 0.6 is 11.8 Å². The summed E-state index contributed by atoms with van der Waals surface area (Å²) in [7, 11) is -3.96. The molecular formula is C21H16N4O6S2. The van der Waals surface area contributed by atoms with Crippen molar-refractivity contribution in [3.8, 4) is 0 Å². The second-order valence-electron chi connectivity index (χ2n) is 7.16. The van der Waals surface area contributed by atoms with Crippen LogP contribution in [0, 0.1) is 27.2 Å². The summed E-state index contributed by atoms with van der Waals surface area (Å²) in [6, 6.07) is 16.9. The highest BCUT2D eigenvalue weighted by atomic mass is 32.2. The van der Waals surface area contributed by atoms with E-state index in [0.717, 1.165) is 33.4 Å². The normalized spacial score (nSPS) is 11.5. The zero-order chi connectivity index (χ0) is 23.8. The fourth-order valence-electron chi connectivity index (χ4n) is 3.28. The first-order chi connectivity index (χ1) is 15.7. The highest BCUT2D eigenvalue weighted by Crippen LogP contribution is 2.38. The lowest BCUT2D eigenvalue weighted by molar-refractivity contribution is -0.396. The van der Waals surface area contributed by atoms with Crippen molar-refractivity contribution in [1.82, 2.24) is 8.96 Å². The largest absolute Gasteiger partial charge is 0.290 e. The van der Waals surface area contributed by atoms with E-state index in [1.54, 1.807) is 48.5 Å². The monoisotopic (exact) mass is 484 g/mol. The average molecular weight is 485 g/mol. The van der Waals surface area contributed by atoms with Gasteiger partial charge in [-0.25, -0.2) is 17.4 Å². The topological polar surface area (TPSA) is 138 Å². The quantitative estimate of drug-likeness (QED) is 0.272. The number of nitro groups is 2. The molecule has 0 bridgehead atoms. The first-order valence-electron chi connectivity index (χ1n) is 9.53. The van der Waals surface area contributed by atoms with Gasteiger partial charge in [-0.05, 0) is 48.0 Å². The van der Waals surface area contributed by atoms with Gasteiger partial charge >= 0.3 is 0 Å². The van der Waals surface area contributed by atoms with E-state index in [-0.39, 0.29) is 15.8 Å². The third kappa shape index (κ3) is 4.56. The van der Waals surface area contributed by atoms with Crippen molar-refractivity contribution in [1.29, 1.82) is 0 Å². The number of nitrogens with zero attached hydrogens (tertiary/aromatic N) is 4. The molecule has 4 aromatic rings. The first kappa shape index (κ1) is 22.4. The smallest absolute Gasteiger partial charge is 0.258 e. The second-order valence-corrected chi connectivity index (χ2v) is 9.99. The molecule has 0 aliphatic rings. The Morgan fingerprint density at radius 1 is 0.970 bits per heavy atom. The molecule has 0 aliphatic heterocycles. The molecule has 0 spiro atoms. The molecule has 4 rings (SSSR count). The van der Waals surface area contributed by atoms with E-state index in [2.05, 4.69) is 4.98 Å². The highest BCUT2D eigenvalue weighted by molar-refractivity contribution is 8.00. The van der Waals surface area contributed by atoms with E-state index in [0.29, 0.717) is 16.6 Å². The minimum absolute atomic E-state index is 0.00323. The van der Waals surface area contributed by atoms with Crippen molar-refractivity contribution in [3.05, 3.63) is 98.1 Å². The van der Waals surface area contributed by atoms with Gasteiger partial charge in [0.15, 0.2) is 5.16 Å². The zero-order valence-electron chi connectivity index (χ0n) is 17.1. The highest BCUT2D eigenvalue weighted by Gasteiger charge is 2.27. The van der Waals surface area contributed by atoms with Gasteiger partial charge in [0, 0.05) is 6.07 Å². The van der Waals surface area contributed by atoms with Crippen molar-refractivity contribution >= 4 is 44.2 Å². The number of benzene rings is 3. The van der Waals surface area contributed by atoms with Gasteiger partial charge in [0.1, 0.15) is 0 Å². The summed E-state index contributed by atoms with van der Waals surface area (Å²) >= 11 is 0.767. The molecule has 0 saturated heterocycles. The van der Waals surface area contributed by atoms with Gasteiger partial charge in [-0.15, -0.1) is 0 Å². The Morgan fingerprint density at radius 2 is 1.70 bits per heavy atom. The molecule has 0 saturated carbocycles. The molecule has 1 heterocycles. The summed E-state index contributed by atoms with van der Waals surface area (Å²) in [5.74, 6) is -0.302. The molecule has 0 aliphatic carbocycles. The number of hydrogen-bond acceptors (Lipinski definition) is 8. The lowest BCUT2D eigenvalue weighted by atomic mass is 10.2. The molecule has 3 aromatic carbocycles. The molecule has 0 amide bonds. The Bertz CT molecular complexity index is 1500. The third-order valence-electron chi connectivity index (χ3n) is 4.76. The van der Waals surface area contributed by atoms with Gasteiger partial charge < -0.3 is 0 Å². The third-order valence-corrected chi connectivity index (χ3v) is 7.52. The summed E-state index contributed by atoms with van der Waals surface area (Å²) in [6.07, 6.45) is 0. The number of fused-ring (bicyclic) bond motifs is 1. The Balaban J connectivity index is 1.87. The molecule has 0 unspecified atom stereocenters. The molecule has 12 heteroatoms. The first-order valence-corrected chi connectivity index (χ1v) is 12.0. The summed E-state index contributed by atoms with van der Waals surface area (Å²) in [4.78, 5) is 25.6. The number of aromatic nitrogens is 2. The Kier molecular flexibility index (Phi) is 5.87. The Morgan fingerprint density at radius 3 is 2.36 bits per heavy atom. The van der Waals surface area contributed by atoms with Gasteiger partial charge in [0.05, 0.1) is 37.6 Å². The van der Waals surface area contributed by atoms with E-state index in [9.17, 15) is 28.6 Å². The lowest BCUT2D eigenvalue weighted by Crippen LogP contribution is -2.16. The fraction of sp³-hybridized carbons (Fsp3) is 0.0952. The molecular weight excluding hydrogens is 468 g/mol. The second kappa shape index (κ2) is 8.64. The average Bonchev–Trinajstić information content (AvgIpc) is 3.11. The summed E-state index contributed by atoms with van der Waals surface area (Å²) in [5, 5.41) is 22.6. The maximum absolute atomic E-state index is 13.4. The molecule has 1 aromatic heterocycles. The van der Waals surface area contributed by atoms with E-state index < -0.39 is 31.2 Å². The van der Waals surface area contributed by atoms with Gasteiger partial charge in [0.25, 0.3) is 11.4 Å². The van der Waals surface area contributed by atoms with Crippen molar-refractivity contribution in [3.63, 3.8) is 0 Å². The van der Waals surface area contributed by atoms with E-state index in [4.69, 9.17) is 0 Å². The Hall–Kier alpha value is -3.77. The van der Waals surface area contributed by atoms with Crippen LogP contribution in [0.3, 0.4) is 0 Å². The molecule has 0 fully saturated rings. The predicted molar refractivity (Wildman–Crippen MR) is 123 cm³/mol. The number of rotatable bonds is 7. The number of nitro benzene ring substituents is 2. The van der Waals surface area contributed by atoms with Crippen molar-refractivity contribution in [2.45, 2.75) is 22.7 Å². The fourth-order valence-corrected chi connectivity index (χ4v) is 6.10. The summed E-state index contributed by atoms with van der Waals surface area (Å²) in [5.41, 5.74) is 1.24. The van der Waals surface area contributed by atoms with Crippen LogP contribution < -0.4 is 0 Å². The molecule has 0 radical (unpaired) electrons. The summed E-state index contributed by atoms with van der Waals surface area (Å²) < 4.78 is 27.9. The van der Waals surface area contributed by atoms with Gasteiger partial charge in [0.2, 0.25) is 10.0 Å². The van der Waals surface area contributed by atoms with Gasteiger partial charge in [-0.2, -0.15) is 0 Å². The van der Waals surface area contributed by atoms with Crippen LogP contribution in [0.4, 0.5) is 11.4 Å². The standard InChI is InChI=1S/C21H16N4O6S2/c1-14-7-9-18-17(11-14)22-21(23(18)33(30,31)13-15-5-3-2-4-6-15)32-20-10-8-16(24(26)27)12-19(20)25(28)29/h2-12H,13H2,1H3. The van der Waals surface area contributed by atoms with Crippen LogP contribution in [0.25, 0.3) is 11.0 Å². The van der Waals surface area contributed by atoms with Crippen molar-refractivity contribution < 1.29 is 18.3 Å². The minimum Gasteiger partial charge on any atom is -0.258 e. The van der Waals surface area contributed by atoms with E-state index in [1.807, 2.05) is 6.92 Å². The van der Waals surface area contributed by atoms with Crippen LogP contribution in [-0.4, -0.2) is 27.2 Å². The molecule has 0 N–H and O–H groups in total. The van der Waals surface area contributed by atoms with Gasteiger partial charge in [-0.3, -0.25) is 20.2 Å². The SMILES string of the molecule is Cc1ccc2c(c1)nc(Sc1ccc([N+](=O)[O-])cc1[N+](=O)[O-])n2S(=O)(=O)Cc1ccccc1. The van der Waals surface area contributed by atoms with Crippen LogP contribution in [-0.2, 0) is 15.8 Å². The van der Waals surface area contributed by atoms with Crippen LogP contribution in [0.15, 0.2) is 76.8 Å². The number of aryl methyl sites for hydroxylation is 1. The van der Waals surface area contributed by atoms with E-state index >= 15 is 0 Å². The maximum atomic E-state index is 13.4. The Labute approximate surface area is 192 Å². The lowest BCUT2D eigenvalue weighted by Gasteiger charge is -2.10. The molecule has 168 valence electrons. The van der Waals surface area contributed by atoms with Crippen molar-refractivity contribution in [2.75, 3.05) is 0 Å².